The summed E-state index contributed by atoms with van der Waals surface area (Å²) in [5, 5.41) is 16.5. The molecule has 4 aromatic rings. The number of anilines is 1. The van der Waals surface area contributed by atoms with Crippen LogP contribution in [0.25, 0.3) is 10.8 Å². The zero-order valence-electron chi connectivity index (χ0n) is 18.9. The number of piperidine rings is 1. The fourth-order valence-corrected chi connectivity index (χ4v) is 5.60. The van der Waals surface area contributed by atoms with Crippen molar-refractivity contribution < 1.29 is 4.79 Å². The minimum atomic E-state index is -0.0924. The van der Waals surface area contributed by atoms with Crippen molar-refractivity contribution in [2.45, 2.75) is 38.6 Å². The Kier molecular flexibility index (Phi) is 6.05. The zero-order valence-corrected chi connectivity index (χ0v) is 19.7. The Morgan fingerprint density at radius 1 is 1.12 bits per heavy atom. The van der Waals surface area contributed by atoms with E-state index in [0.717, 1.165) is 35.2 Å². The number of nitrogens with one attached hydrogen (secondary N) is 1. The van der Waals surface area contributed by atoms with Gasteiger partial charge in [-0.1, -0.05) is 43.3 Å². The Labute approximate surface area is 197 Å². The van der Waals surface area contributed by atoms with Gasteiger partial charge in [0.15, 0.2) is 0 Å². The van der Waals surface area contributed by atoms with E-state index in [0.29, 0.717) is 12.1 Å². The predicted octanol–water partition coefficient (Wildman–Crippen LogP) is 4.75. The summed E-state index contributed by atoms with van der Waals surface area (Å²) in [5.74, 6) is 1.05. The van der Waals surface area contributed by atoms with E-state index < -0.39 is 0 Å². The molecule has 2 aromatic heterocycles. The molecule has 0 bridgehead atoms. The maximum Gasteiger partial charge on any atom is 0.251 e. The van der Waals surface area contributed by atoms with Gasteiger partial charge >= 0.3 is 0 Å². The van der Waals surface area contributed by atoms with Crippen molar-refractivity contribution >= 4 is 33.8 Å². The van der Waals surface area contributed by atoms with Gasteiger partial charge in [-0.15, -0.1) is 21.5 Å². The van der Waals surface area contributed by atoms with Gasteiger partial charge in [0.05, 0.1) is 6.04 Å². The third kappa shape index (κ3) is 4.33. The molecular weight excluding hydrogens is 430 g/mol. The smallest absolute Gasteiger partial charge is 0.251 e. The van der Waals surface area contributed by atoms with Crippen LogP contribution in [0, 0.1) is 6.92 Å². The first-order valence-electron chi connectivity index (χ1n) is 11.4. The lowest BCUT2D eigenvalue weighted by atomic mass is 9.91. The first-order valence-corrected chi connectivity index (χ1v) is 12.2. The number of nitrogens with zero attached hydrogens (tertiary/aromatic N) is 4. The van der Waals surface area contributed by atoms with Gasteiger partial charge in [-0.05, 0) is 48.9 Å². The summed E-state index contributed by atoms with van der Waals surface area (Å²) in [4.78, 5) is 20.2. The second-order valence-corrected chi connectivity index (χ2v) is 9.58. The number of hydrogen-bond donors (Lipinski definition) is 1. The number of carbonyl (C=O) groups is 1. The second-order valence-electron chi connectivity index (χ2n) is 8.48. The lowest BCUT2D eigenvalue weighted by Gasteiger charge is -2.39. The highest BCUT2D eigenvalue weighted by Crippen LogP contribution is 2.35. The van der Waals surface area contributed by atoms with Gasteiger partial charge in [-0.2, -0.15) is 0 Å². The SMILES string of the molecule is CCc1nnc([C@@H]2CCN(c3nccc4cccc(C)c34)C[C@@H]2NC(=O)c2ccccc2)s1. The molecule has 2 atom stereocenters. The molecule has 5 rings (SSSR count). The zero-order chi connectivity index (χ0) is 22.8. The topological polar surface area (TPSA) is 71.0 Å². The molecule has 1 aliphatic heterocycles. The van der Waals surface area contributed by atoms with Crippen LogP contribution in [0.3, 0.4) is 0 Å². The van der Waals surface area contributed by atoms with Gasteiger partial charge in [0.2, 0.25) is 0 Å². The van der Waals surface area contributed by atoms with E-state index in [1.165, 1.54) is 16.3 Å². The van der Waals surface area contributed by atoms with Crippen molar-refractivity contribution in [2.75, 3.05) is 18.0 Å². The van der Waals surface area contributed by atoms with E-state index in [4.69, 9.17) is 4.98 Å². The number of amides is 1. The lowest BCUT2D eigenvalue weighted by molar-refractivity contribution is 0.0927. The van der Waals surface area contributed by atoms with Gasteiger partial charge in [0.1, 0.15) is 15.8 Å². The molecule has 1 aliphatic rings. The molecule has 1 amide bonds. The highest BCUT2D eigenvalue weighted by atomic mass is 32.1. The molecule has 0 radical (unpaired) electrons. The van der Waals surface area contributed by atoms with Crippen LogP contribution in [-0.2, 0) is 6.42 Å². The monoisotopic (exact) mass is 457 g/mol. The van der Waals surface area contributed by atoms with Crippen molar-refractivity contribution in [1.82, 2.24) is 20.5 Å². The van der Waals surface area contributed by atoms with Crippen molar-refractivity contribution in [2.24, 2.45) is 0 Å². The van der Waals surface area contributed by atoms with E-state index in [2.05, 4.69) is 58.5 Å². The molecule has 3 heterocycles. The van der Waals surface area contributed by atoms with Crippen LogP contribution in [0.2, 0.25) is 0 Å². The molecule has 0 unspecified atom stereocenters. The highest BCUT2D eigenvalue weighted by molar-refractivity contribution is 7.11. The Balaban J connectivity index is 1.48. The number of aryl methyl sites for hydroxylation is 2. The normalized spacial score (nSPS) is 18.4. The minimum absolute atomic E-state index is 0.0604. The van der Waals surface area contributed by atoms with Crippen molar-refractivity contribution in [3.05, 3.63) is 81.9 Å². The van der Waals surface area contributed by atoms with Gasteiger partial charge in [0, 0.05) is 36.2 Å². The lowest BCUT2D eigenvalue weighted by Crippen LogP contribution is -2.52. The van der Waals surface area contributed by atoms with Crippen molar-refractivity contribution in [1.29, 1.82) is 0 Å². The van der Waals surface area contributed by atoms with E-state index in [-0.39, 0.29) is 17.9 Å². The van der Waals surface area contributed by atoms with Gasteiger partial charge in [0.25, 0.3) is 5.91 Å². The summed E-state index contributed by atoms with van der Waals surface area (Å²) in [7, 11) is 0. The average Bonchev–Trinajstić information content (AvgIpc) is 3.33. The molecule has 33 heavy (non-hydrogen) atoms. The predicted molar refractivity (Wildman–Crippen MR) is 133 cm³/mol. The number of rotatable bonds is 5. The third-order valence-corrected chi connectivity index (χ3v) is 7.55. The van der Waals surface area contributed by atoms with Crippen LogP contribution in [0.4, 0.5) is 5.82 Å². The molecule has 1 fully saturated rings. The number of aromatic nitrogens is 3. The molecular formula is C26H27N5OS. The van der Waals surface area contributed by atoms with Crippen molar-refractivity contribution in [3.8, 4) is 0 Å². The van der Waals surface area contributed by atoms with Crippen LogP contribution < -0.4 is 10.2 Å². The molecule has 2 aromatic carbocycles. The first-order chi connectivity index (χ1) is 16.1. The summed E-state index contributed by atoms with van der Waals surface area (Å²) in [5.41, 5.74) is 1.87. The quantitative estimate of drug-likeness (QED) is 0.468. The Bertz CT molecular complexity index is 1270. The van der Waals surface area contributed by atoms with Crippen LogP contribution in [-0.4, -0.2) is 40.2 Å². The number of pyridine rings is 1. The van der Waals surface area contributed by atoms with Crippen LogP contribution >= 0.6 is 11.3 Å². The molecule has 0 spiro atoms. The van der Waals surface area contributed by atoms with Gasteiger partial charge in [-0.3, -0.25) is 4.79 Å². The fourth-order valence-electron chi connectivity index (χ4n) is 4.61. The molecule has 6 nitrogen and oxygen atoms in total. The number of carbonyl (C=O) groups excluding carboxylic acids is 1. The number of fused-ring (bicyclic) bond motifs is 1. The van der Waals surface area contributed by atoms with Gasteiger partial charge in [-0.25, -0.2) is 4.98 Å². The van der Waals surface area contributed by atoms with E-state index in [1.54, 1.807) is 11.3 Å². The second kappa shape index (κ2) is 9.27. The van der Waals surface area contributed by atoms with Crippen LogP contribution in [0.15, 0.2) is 60.8 Å². The maximum absolute atomic E-state index is 13.1. The molecule has 7 heteroatoms. The Hall–Kier alpha value is -3.32. The Morgan fingerprint density at radius 2 is 1.97 bits per heavy atom. The van der Waals surface area contributed by atoms with Crippen LogP contribution in [0.5, 0.6) is 0 Å². The molecule has 1 N–H and O–H groups in total. The Morgan fingerprint density at radius 3 is 2.76 bits per heavy atom. The summed E-state index contributed by atoms with van der Waals surface area (Å²) < 4.78 is 0. The molecule has 168 valence electrons. The third-order valence-electron chi connectivity index (χ3n) is 6.35. The van der Waals surface area contributed by atoms with Gasteiger partial charge < -0.3 is 10.2 Å². The van der Waals surface area contributed by atoms with Crippen LogP contribution in [0.1, 0.15) is 45.2 Å². The van der Waals surface area contributed by atoms with E-state index in [9.17, 15) is 4.79 Å². The summed E-state index contributed by atoms with van der Waals surface area (Å²) in [6.07, 6.45) is 3.62. The van der Waals surface area contributed by atoms with Crippen molar-refractivity contribution in [3.63, 3.8) is 0 Å². The molecule has 0 aliphatic carbocycles. The average molecular weight is 458 g/mol. The standard InChI is InChI=1S/C26H27N5OS/c1-3-22-29-30-26(33-22)20-13-15-31(16-21(20)28-25(32)19-9-5-4-6-10-19)24-23-17(2)8-7-11-18(23)12-14-27-24/h4-12,14,20-21H,3,13,15-16H2,1-2H3,(H,28,32)/t20-,21+/m1/s1. The molecule has 1 saturated heterocycles. The maximum atomic E-state index is 13.1. The van der Waals surface area contributed by atoms with E-state index >= 15 is 0 Å². The summed E-state index contributed by atoms with van der Waals surface area (Å²) in [6.45, 7) is 5.74. The number of hydrogen-bond acceptors (Lipinski definition) is 6. The summed E-state index contributed by atoms with van der Waals surface area (Å²) >= 11 is 1.66. The summed E-state index contributed by atoms with van der Waals surface area (Å²) in [6, 6.07) is 17.7. The largest absolute Gasteiger partial charge is 0.354 e. The van der Waals surface area contributed by atoms with E-state index in [1.807, 2.05) is 36.5 Å². The fraction of sp³-hybridized carbons (Fsp3) is 0.308. The molecule has 0 saturated carbocycles. The highest BCUT2D eigenvalue weighted by Gasteiger charge is 2.35. The number of benzene rings is 2. The first kappa shape index (κ1) is 21.5. The minimum Gasteiger partial charge on any atom is -0.354 e.